The highest BCUT2D eigenvalue weighted by Gasteiger charge is 2.43. The molecule has 33 heavy (non-hydrogen) atoms. The lowest BCUT2D eigenvalue weighted by Gasteiger charge is -2.50. The summed E-state index contributed by atoms with van der Waals surface area (Å²) in [5, 5.41) is 14.2. The van der Waals surface area contributed by atoms with Gasteiger partial charge in [-0.3, -0.25) is 9.59 Å². The number of methoxy groups -OCH3 is 1. The molecule has 1 saturated carbocycles. The predicted octanol–water partition coefficient (Wildman–Crippen LogP) is 3.48. The van der Waals surface area contributed by atoms with Crippen molar-refractivity contribution in [2.45, 2.75) is 60.0 Å². The van der Waals surface area contributed by atoms with Crippen LogP contribution < -0.4 is 20.9 Å². The molecular weight excluding hydrogens is 490 g/mol. The number of amides is 1. The first-order valence-electron chi connectivity index (χ1n) is 11.3. The largest absolute Gasteiger partial charge is 0.479 e. The summed E-state index contributed by atoms with van der Waals surface area (Å²) in [6, 6.07) is 1.91. The average Bonchev–Trinajstić information content (AvgIpc) is 3.24. The fourth-order valence-corrected chi connectivity index (χ4v) is 4.89. The Hall–Kier alpha value is -2.36. The molecule has 0 spiro atoms. The smallest absolute Gasteiger partial charge is 0.283 e. The second kappa shape index (κ2) is 10.3. The van der Waals surface area contributed by atoms with Crippen molar-refractivity contribution in [2.24, 2.45) is 23.2 Å². The Kier molecular flexibility index (Phi) is 7.87. The summed E-state index contributed by atoms with van der Waals surface area (Å²) in [4.78, 5) is 25.1. The van der Waals surface area contributed by atoms with Crippen molar-refractivity contribution in [3.63, 3.8) is 0 Å². The van der Waals surface area contributed by atoms with Gasteiger partial charge in [0.15, 0.2) is 0 Å². The van der Waals surface area contributed by atoms with Crippen LogP contribution in [0, 0.1) is 23.2 Å². The number of hydrogen-bond donors (Lipinski definition) is 2. The second-order valence-corrected chi connectivity index (χ2v) is 10.4. The van der Waals surface area contributed by atoms with Gasteiger partial charge in [0, 0.05) is 25.1 Å². The first kappa shape index (κ1) is 25.3. The lowest BCUT2D eigenvalue weighted by molar-refractivity contribution is -0.121. The summed E-state index contributed by atoms with van der Waals surface area (Å²) >= 11 is 3.41. The third-order valence-corrected chi connectivity index (χ3v) is 8.30. The van der Waals surface area contributed by atoms with Gasteiger partial charge in [-0.05, 0) is 50.7 Å². The third kappa shape index (κ3) is 5.59. The van der Waals surface area contributed by atoms with Crippen LogP contribution in [0.15, 0.2) is 26.1 Å². The zero-order valence-corrected chi connectivity index (χ0v) is 21.7. The van der Waals surface area contributed by atoms with E-state index in [-0.39, 0.29) is 29.5 Å². The van der Waals surface area contributed by atoms with E-state index in [4.69, 9.17) is 9.26 Å². The molecule has 10 heteroatoms. The molecule has 0 bridgehead atoms. The minimum absolute atomic E-state index is 0.167. The van der Waals surface area contributed by atoms with Crippen LogP contribution in [-0.4, -0.2) is 40.5 Å². The summed E-state index contributed by atoms with van der Waals surface area (Å²) in [5.41, 5.74) is 0.579. The maximum atomic E-state index is 12.8. The maximum absolute atomic E-state index is 12.8. The van der Waals surface area contributed by atoms with Crippen molar-refractivity contribution in [3.8, 4) is 5.88 Å². The first-order valence-corrected chi connectivity index (χ1v) is 12.1. The van der Waals surface area contributed by atoms with Gasteiger partial charge in [-0.15, -0.1) is 0 Å². The molecule has 182 valence electrons. The molecule has 2 heterocycles. The SMILES string of the molecule is COc1cc(CCNC(=O)Cn2ncc(N[C@@H]3C[C@H](C)C(C)(C)[C@H](C)[C@H]3C)c(Br)c2=O)on1. The number of nitrogens with one attached hydrogen (secondary N) is 2. The van der Waals surface area contributed by atoms with Gasteiger partial charge in [-0.2, -0.15) is 5.10 Å². The topological polar surface area (TPSA) is 111 Å². The van der Waals surface area contributed by atoms with Gasteiger partial charge >= 0.3 is 0 Å². The number of carbonyl (C=O) groups excluding carboxylic acids is 1. The summed E-state index contributed by atoms with van der Waals surface area (Å²) in [5.74, 6) is 2.21. The Morgan fingerprint density at radius 3 is 2.76 bits per heavy atom. The number of carbonyl (C=O) groups is 1. The Labute approximate surface area is 202 Å². The van der Waals surface area contributed by atoms with E-state index in [1.807, 2.05) is 0 Å². The Bertz CT molecular complexity index is 1030. The molecule has 2 N–H and O–H groups in total. The van der Waals surface area contributed by atoms with E-state index in [1.165, 1.54) is 7.11 Å². The van der Waals surface area contributed by atoms with Crippen molar-refractivity contribution in [1.82, 2.24) is 20.3 Å². The van der Waals surface area contributed by atoms with E-state index >= 15 is 0 Å². The highest BCUT2D eigenvalue weighted by molar-refractivity contribution is 9.10. The molecule has 0 aromatic carbocycles. The molecule has 0 unspecified atom stereocenters. The summed E-state index contributed by atoms with van der Waals surface area (Å²) < 4.78 is 11.6. The lowest BCUT2D eigenvalue weighted by Crippen LogP contribution is -2.48. The summed E-state index contributed by atoms with van der Waals surface area (Å²) in [6.45, 7) is 11.7. The van der Waals surface area contributed by atoms with Crippen molar-refractivity contribution in [3.05, 3.63) is 32.8 Å². The van der Waals surface area contributed by atoms with Crippen LogP contribution in [0.2, 0.25) is 0 Å². The van der Waals surface area contributed by atoms with Gasteiger partial charge in [0.05, 0.1) is 19.0 Å². The molecule has 0 saturated heterocycles. The van der Waals surface area contributed by atoms with E-state index < -0.39 is 0 Å². The zero-order valence-electron chi connectivity index (χ0n) is 20.1. The molecule has 2 aromatic heterocycles. The number of ether oxygens (including phenoxy) is 1. The number of hydrogen-bond acceptors (Lipinski definition) is 7. The monoisotopic (exact) mass is 523 g/mol. The van der Waals surface area contributed by atoms with Crippen molar-refractivity contribution in [2.75, 3.05) is 19.0 Å². The average molecular weight is 524 g/mol. The molecule has 0 radical (unpaired) electrons. The first-order chi connectivity index (χ1) is 15.5. The van der Waals surface area contributed by atoms with Gasteiger partial charge in [-0.1, -0.05) is 34.6 Å². The quantitative estimate of drug-likeness (QED) is 0.544. The van der Waals surface area contributed by atoms with Crippen LogP contribution in [0.5, 0.6) is 5.88 Å². The van der Waals surface area contributed by atoms with E-state index in [0.717, 1.165) is 11.1 Å². The standard InChI is InChI=1S/C23H34BrN5O4/c1-13-9-17(14(2)15(3)23(13,4)5)27-18-11-26-29(22(31)21(18)24)12-19(30)25-8-7-16-10-20(32-6)28-33-16/h10-11,13-15,17,27H,7-9,12H2,1-6H3,(H,25,30)/t13-,14+,15+,17+/m0/s1. The van der Waals surface area contributed by atoms with E-state index in [2.05, 4.69) is 71.4 Å². The fraction of sp³-hybridized carbons (Fsp3) is 0.652. The molecule has 2 aromatic rings. The maximum Gasteiger partial charge on any atom is 0.283 e. The summed E-state index contributed by atoms with van der Waals surface area (Å²) in [6.07, 6.45) is 3.10. The highest BCUT2D eigenvalue weighted by atomic mass is 79.9. The van der Waals surface area contributed by atoms with Crippen molar-refractivity contribution >= 4 is 27.5 Å². The second-order valence-electron chi connectivity index (χ2n) is 9.63. The minimum atomic E-state index is -0.347. The van der Waals surface area contributed by atoms with E-state index in [9.17, 15) is 9.59 Å². The molecule has 1 aliphatic carbocycles. The van der Waals surface area contributed by atoms with Gasteiger partial charge in [0.25, 0.3) is 11.4 Å². The molecule has 1 fully saturated rings. The number of anilines is 1. The predicted molar refractivity (Wildman–Crippen MR) is 129 cm³/mol. The fourth-order valence-electron chi connectivity index (χ4n) is 4.47. The Balaban J connectivity index is 1.59. The van der Waals surface area contributed by atoms with E-state index in [0.29, 0.717) is 52.5 Å². The number of rotatable bonds is 8. The molecule has 9 nitrogen and oxygen atoms in total. The van der Waals surface area contributed by atoms with Crippen LogP contribution in [0.1, 0.15) is 46.8 Å². The Morgan fingerprint density at radius 2 is 2.09 bits per heavy atom. The van der Waals surface area contributed by atoms with Crippen molar-refractivity contribution < 1.29 is 14.1 Å². The van der Waals surface area contributed by atoms with Gasteiger partial charge < -0.3 is 19.9 Å². The molecular formula is C23H34BrN5O4. The van der Waals surface area contributed by atoms with Crippen LogP contribution in [-0.2, 0) is 17.8 Å². The number of nitrogens with zero attached hydrogens (tertiary/aromatic N) is 3. The van der Waals surface area contributed by atoms with Crippen LogP contribution in [0.4, 0.5) is 5.69 Å². The Morgan fingerprint density at radius 1 is 1.36 bits per heavy atom. The van der Waals surface area contributed by atoms with Gasteiger partial charge in [0.2, 0.25) is 5.91 Å². The highest BCUT2D eigenvalue weighted by Crippen LogP contribution is 2.48. The van der Waals surface area contributed by atoms with Crippen LogP contribution in [0.25, 0.3) is 0 Å². The minimum Gasteiger partial charge on any atom is -0.479 e. The third-order valence-electron chi connectivity index (χ3n) is 7.53. The van der Waals surface area contributed by atoms with Crippen LogP contribution in [0.3, 0.4) is 0 Å². The van der Waals surface area contributed by atoms with E-state index in [1.54, 1.807) is 12.3 Å². The van der Waals surface area contributed by atoms with Crippen molar-refractivity contribution in [1.29, 1.82) is 0 Å². The van der Waals surface area contributed by atoms with Gasteiger partial charge in [0.1, 0.15) is 16.8 Å². The zero-order chi connectivity index (χ0) is 24.3. The molecule has 0 aliphatic heterocycles. The number of aromatic nitrogens is 3. The number of halogens is 1. The molecule has 1 amide bonds. The van der Waals surface area contributed by atoms with Crippen LogP contribution >= 0.6 is 15.9 Å². The molecule has 4 atom stereocenters. The molecule has 3 rings (SSSR count). The molecule has 1 aliphatic rings. The normalized spacial score (nSPS) is 24.3. The summed E-state index contributed by atoms with van der Waals surface area (Å²) in [7, 11) is 1.50. The lowest BCUT2D eigenvalue weighted by atomic mass is 9.58. The van der Waals surface area contributed by atoms with Gasteiger partial charge in [-0.25, -0.2) is 4.68 Å².